The van der Waals surface area contributed by atoms with E-state index in [1.807, 2.05) is 11.0 Å². The fourth-order valence-corrected chi connectivity index (χ4v) is 2.42. The third kappa shape index (κ3) is 4.21. The normalized spacial score (nSPS) is 15.5. The lowest BCUT2D eigenvalue weighted by Crippen LogP contribution is -2.47. The van der Waals surface area contributed by atoms with Crippen LogP contribution in [0.2, 0.25) is 0 Å². The first-order valence-corrected chi connectivity index (χ1v) is 7.49. The molecule has 2 amide bonds. The Kier molecular flexibility index (Phi) is 5.77. The summed E-state index contributed by atoms with van der Waals surface area (Å²) in [4.78, 5) is 28.2. The Labute approximate surface area is 131 Å². The summed E-state index contributed by atoms with van der Waals surface area (Å²) in [6, 6.07) is 7.04. The maximum Gasteiger partial charge on any atom is 0.255 e. The Morgan fingerprint density at radius 3 is 2.55 bits per heavy atom. The Morgan fingerprint density at radius 1 is 1.18 bits per heavy atom. The van der Waals surface area contributed by atoms with Crippen molar-refractivity contribution < 1.29 is 14.3 Å². The van der Waals surface area contributed by atoms with Gasteiger partial charge in [0.05, 0.1) is 12.7 Å². The zero-order valence-electron chi connectivity index (χ0n) is 13.2. The maximum absolute atomic E-state index is 12.1. The maximum atomic E-state index is 12.1. The summed E-state index contributed by atoms with van der Waals surface area (Å²) in [5.41, 5.74) is 0.483. The minimum atomic E-state index is -0.219. The number of nitrogens with zero attached hydrogens (tertiary/aromatic N) is 2. The van der Waals surface area contributed by atoms with Crippen molar-refractivity contribution in [3.05, 3.63) is 29.8 Å². The number of methoxy groups -OCH3 is 1. The number of hydrogen-bond donors (Lipinski definition) is 1. The lowest BCUT2D eigenvalue weighted by atomic mass is 10.2. The number of para-hydroxylation sites is 1. The van der Waals surface area contributed by atoms with Gasteiger partial charge in [-0.25, -0.2) is 0 Å². The fraction of sp³-hybridized carbons (Fsp3) is 0.500. The molecule has 0 aliphatic carbocycles. The molecule has 1 N–H and O–H groups in total. The van der Waals surface area contributed by atoms with Crippen LogP contribution in [0.4, 0.5) is 0 Å². The Bertz CT molecular complexity index is 525. The van der Waals surface area contributed by atoms with Crippen molar-refractivity contribution in [2.24, 2.45) is 0 Å². The van der Waals surface area contributed by atoms with Crippen molar-refractivity contribution in [3.63, 3.8) is 0 Å². The number of carbonyl (C=O) groups excluding carboxylic acids is 2. The lowest BCUT2D eigenvalue weighted by molar-refractivity contribution is -0.132. The summed E-state index contributed by atoms with van der Waals surface area (Å²) in [7, 11) is 3.58. The van der Waals surface area contributed by atoms with E-state index in [-0.39, 0.29) is 11.8 Å². The second-order valence-electron chi connectivity index (χ2n) is 5.39. The first-order chi connectivity index (χ1) is 10.6. The molecule has 22 heavy (non-hydrogen) atoms. The van der Waals surface area contributed by atoms with Gasteiger partial charge in [-0.2, -0.15) is 0 Å². The minimum absolute atomic E-state index is 0.0911. The molecule has 0 saturated carbocycles. The van der Waals surface area contributed by atoms with E-state index in [1.165, 1.54) is 7.11 Å². The van der Waals surface area contributed by atoms with E-state index >= 15 is 0 Å². The van der Waals surface area contributed by atoms with E-state index in [4.69, 9.17) is 4.74 Å². The van der Waals surface area contributed by atoms with Crippen molar-refractivity contribution in [1.29, 1.82) is 0 Å². The molecule has 1 aromatic carbocycles. The average Bonchev–Trinajstić information content (AvgIpc) is 2.55. The van der Waals surface area contributed by atoms with Crippen LogP contribution in [-0.2, 0) is 4.79 Å². The predicted molar refractivity (Wildman–Crippen MR) is 84.0 cm³/mol. The largest absolute Gasteiger partial charge is 0.496 e. The van der Waals surface area contributed by atoms with E-state index in [0.29, 0.717) is 24.3 Å². The summed E-state index contributed by atoms with van der Waals surface area (Å²) in [5, 5.41) is 2.78. The molecule has 0 aromatic heterocycles. The highest BCUT2D eigenvalue weighted by molar-refractivity contribution is 5.97. The zero-order chi connectivity index (χ0) is 15.9. The summed E-state index contributed by atoms with van der Waals surface area (Å²) in [6.45, 7) is 3.66. The smallest absolute Gasteiger partial charge is 0.255 e. The van der Waals surface area contributed by atoms with Gasteiger partial charge in [0.1, 0.15) is 5.75 Å². The van der Waals surface area contributed by atoms with E-state index < -0.39 is 0 Å². The number of likely N-dealkylation sites (N-methyl/N-ethyl adjacent to an activating group) is 1. The summed E-state index contributed by atoms with van der Waals surface area (Å²) in [5.74, 6) is 0.405. The molecule has 120 valence electrons. The first kappa shape index (κ1) is 16.3. The second kappa shape index (κ2) is 7.79. The molecule has 6 nitrogen and oxygen atoms in total. The van der Waals surface area contributed by atoms with Crippen LogP contribution >= 0.6 is 0 Å². The SMILES string of the molecule is COc1ccccc1C(=O)NCCC(=O)N1CCN(C)CC1. The highest BCUT2D eigenvalue weighted by atomic mass is 16.5. The van der Waals surface area contributed by atoms with E-state index in [9.17, 15) is 9.59 Å². The van der Waals surface area contributed by atoms with Gasteiger partial charge >= 0.3 is 0 Å². The van der Waals surface area contributed by atoms with Gasteiger partial charge < -0.3 is 19.9 Å². The highest BCUT2D eigenvalue weighted by Crippen LogP contribution is 2.16. The number of hydrogen-bond acceptors (Lipinski definition) is 4. The predicted octanol–water partition coefficient (Wildman–Crippen LogP) is 0.589. The minimum Gasteiger partial charge on any atom is -0.496 e. The van der Waals surface area contributed by atoms with Gasteiger partial charge in [0.15, 0.2) is 0 Å². The molecule has 0 radical (unpaired) electrons. The second-order valence-corrected chi connectivity index (χ2v) is 5.39. The zero-order valence-corrected chi connectivity index (χ0v) is 13.2. The highest BCUT2D eigenvalue weighted by Gasteiger charge is 2.19. The molecular formula is C16H23N3O3. The molecule has 0 spiro atoms. The van der Waals surface area contributed by atoms with Crippen LogP contribution in [0.1, 0.15) is 16.8 Å². The summed E-state index contributed by atoms with van der Waals surface area (Å²) >= 11 is 0. The van der Waals surface area contributed by atoms with Crippen LogP contribution in [0.3, 0.4) is 0 Å². The van der Waals surface area contributed by atoms with Crippen LogP contribution in [0.25, 0.3) is 0 Å². The number of benzene rings is 1. The standard InChI is InChI=1S/C16H23N3O3/c1-18-9-11-19(12-10-18)15(20)7-8-17-16(21)13-5-3-4-6-14(13)22-2/h3-6H,7-12H2,1-2H3,(H,17,21). The van der Waals surface area contributed by atoms with Gasteiger partial charge in [-0.05, 0) is 19.2 Å². The molecular weight excluding hydrogens is 282 g/mol. The monoisotopic (exact) mass is 305 g/mol. The van der Waals surface area contributed by atoms with Gasteiger partial charge in [-0.1, -0.05) is 12.1 Å². The van der Waals surface area contributed by atoms with Gasteiger partial charge in [0.25, 0.3) is 5.91 Å². The van der Waals surface area contributed by atoms with Crippen molar-refractivity contribution in [3.8, 4) is 5.75 Å². The van der Waals surface area contributed by atoms with E-state index in [0.717, 1.165) is 26.2 Å². The number of amides is 2. The van der Waals surface area contributed by atoms with Crippen LogP contribution in [0.15, 0.2) is 24.3 Å². The lowest BCUT2D eigenvalue weighted by Gasteiger charge is -2.32. The molecule has 1 heterocycles. The van der Waals surface area contributed by atoms with Gasteiger partial charge in [0.2, 0.25) is 5.91 Å². The Morgan fingerprint density at radius 2 is 1.86 bits per heavy atom. The first-order valence-electron chi connectivity index (χ1n) is 7.49. The quantitative estimate of drug-likeness (QED) is 0.865. The Hall–Kier alpha value is -2.08. The summed E-state index contributed by atoms with van der Waals surface area (Å²) in [6.07, 6.45) is 0.324. The number of rotatable bonds is 5. The number of piperazine rings is 1. The van der Waals surface area contributed by atoms with Crippen molar-refractivity contribution >= 4 is 11.8 Å². The number of carbonyl (C=O) groups is 2. The van der Waals surface area contributed by atoms with Crippen LogP contribution < -0.4 is 10.1 Å². The molecule has 0 bridgehead atoms. The summed E-state index contributed by atoms with van der Waals surface area (Å²) < 4.78 is 5.16. The van der Waals surface area contributed by atoms with Crippen molar-refractivity contribution in [1.82, 2.24) is 15.1 Å². The van der Waals surface area contributed by atoms with Crippen LogP contribution in [0.5, 0.6) is 5.75 Å². The molecule has 0 atom stereocenters. The van der Waals surface area contributed by atoms with E-state index in [2.05, 4.69) is 17.3 Å². The number of nitrogens with one attached hydrogen (secondary N) is 1. The fourth-order valence-electron chi connectivity index (χ4n) is 2.42. The third-order valence-electron chi connectivity index (χ3n) is 3.83. The molecule has 1 aliphatic rings. The topological polar surface area (TPSA) is 61.9 Å². The van der Waals surface area contributed by atoms with Crippen molar-refractivity contribution in [2.75, 3.05) is 46.9 Å². The number of ether oxygens (including phenoxy) is 1. The average molecular weight is 305 g/mol. The van der Waals surface area contributed by atoms with Crippen LogP contribution in [-0.4, -0.2) is 68.5 Å². The molecule has 2 rings (SSSR count). The van der Waals surface area contributed by atoms with Gasteiger partial charge in [0, 0.05) is 39.1 Å². The molecule has 1 aliphatic heterocycles. The van der Waals surface area contributed by atoms with Crippen LogP contribution in [0, 0.1) is 0 Å². The van der Waals surface area contributed by atoms with E-state index in [1.54, 1.807) is 18.2 Å². The molecule has 1 aromatic rings. The van der Waals surface area contributed by atoms with Crippen molar-refractivity contribution in [2.45, 2.75) is 6.42 Å². The van der Waals surface area contributed by atoms with Gasteiger partial charge in [-0.3, -0.25) is 9.59 Å². The molecule has 6 heteroatoms. The third-order valence-corrected chi connectivity index (χ3v) is 3.83. The van der Waals surface area contributed by atoms with Gasteiger partial charge in [-0.15, -0.1) is 0 Å². The molecule has 0 unspecified atom stereocenters. The molecule has 1 fully saturated rings. The Balaban J connectivity index is 1.78. The molecule has 1 saturated heterocycles.